The molecule has 0 saturated carbocycles. The second-order valence-corrected chi connectivity index (χ2v) is 9.36. The quantitative estimate of drug-likeness (QED) is 0.166. The molecule has 0 aromatic heterocycles. The average molecular weight is 557 g/mol. The van der Waals surface area contributed by atoms with Crippen molar-refractivity contribution in [2.24, 2.45) is 0 Å². The number of hydrogen-bond acceptors (Lipinski definition) is 8. The third kappa shape index (κ3) is 5.47. The van der Waals surface area contributed by atoms with E-state index in [1.807, 2.05) is 66.7 Å². The molecular weight excluding hydrogens is 528 g/mol. The van der Waals surface area contributed by atoms with Crippen molar-refractivity contribution in [3.8, 4) is 5.75 Å². The number of amides is 2. The van der Waals surface area contributed by atoms with Crippen LogP contribution in [-0.4, -0.2) is 61.2 Å². The first-order chi connectivity index (χ1) is 20.0. The van der Waals surface area contributed by atoms with Crippen molar-refractivity contribution in [3.05, 3.63) is 113 Å². The van der Waals surface area contributed by atoms with Crippen molar-refractivity contribution in [3.63, 3.8) is 0 Å². The second kappa shape index (κ2) is 12.2. The van der Waals surface area contributed by atoms with Crippen LogP contribution in [0.4, 0.5) is 0 Å². The van der Waals surface area contributed by atoms with Crippen molar-refractivity contribution in [1.82, 2.24) is 10.2 Å². The summed E-state index contributed by atoms with van der Waals surface area (Å²) in [6.45, 7) is -0.535. The van der Waals surface area contributed by atoms with Gasteiger partial charge in [0.1, 0.15) is 17.7 Å². The van der Waals surface area contributed by atoms with Gasteiger partial charge in [0.25, 0.3) is 17.5 Å². The van der Waals surface area contributed by atoms with E-state index < -0.39 is 35.8 Å². The van der Waals surface area contributed by atoms with E-state index >= 15 is 0 Å². The number of carbonyl (C=O) groups is 4. The maximum Gasteiger partial charge on any atom is 0.356 e. The Hall–Kier alpha value is -4.80. The van der Waals surface area contributed by atoms with E-state index in [4.69, 9.17) is 18.9 Å². The number of ether oxygens (including phenoxy) is 4. The first-order valence-electron chi connectivity index (χ1n) is 12.9. The van der Waals surface area contributed by atoms with Gasteiger partial charge in [-0.05, 0) is 28.8 Å². The molecule has 1 saturated heterocycles. The van der Waals surface area contributed by atoms with Crippen molar-refractivity contribution < 1.29 is 38.1 Å². The summed E-state index contributed by atoms with van der Waals surface area (Å²) in [7, 11) is 1.25. The predicted molar refractivity (Wildman–Crippen MR) is 145 cm³/mol. The molecule has 0 bridgehead atoms. The molecule has 5 rings (SSSR count). The molecule has 1 fully saturated rings. The Kier molecular flexibility index (Phi) is 8.23. The molecule has 2 heterocycles. The van der Waals surface area contributed by atoms with Crippen LogP contribution in [0.2, 0.25) is 0 Å². The van der Waals surface area contributed by atoms with E-state index in [9.17, 15) is 19.2 Å². The van der Waals surface area contributed by atoms with Crippen LogP contribution in [0.25, 0.3) is 0 Å². The summed E-state index contributed by atoms with van der Waals surface area (Å²) in [5.41, 5.74) is -0.288. The molecule has 210 valence electrons. The zero-order chi connectivity index (χ0) is 28.8. The smallest absolute Gasteiger partial charge is 0.356 e. The number of benzene rings is 3. The third-order valence-corrected chi connectivity index (χ3v) is 6.82. The van der Waals surface area contributed by atoms with E-state index in [1.165, 1.54) is 7.11 Å². The van der Waals surface area contributed by atoms with Crippen LogP contribution < -0.4 is 10.1 Å². The van der Waals surface area contributed by atoms with Crippen molar-refractivity contribution >= 4 is 24.1 Å². The highest BCUT2D eigenvalue weighted by Gasteiger charge is 2.67. The fraction of sp³-hybridized carbons (Fsp3) is 0.226. The summed E-state index contributed by atoms with van der Waals surface area (Å²) in [5, 5.41) is 2.55. The van der Waals surface area contributed by atoms with Gasteiger partial charge in [-0.25, -0.2) is 4.79 Å². The summed E-state index contributed by atoms with van der Waals surface area (Å²) in [6, 6.07) is 27.1. The first kappa shape index (κ1) is 27.8. The number of esters is 1. The SMILES string of the molecule is CO[C@]1(NC(=O)COc2ccccc2)C(=O)N2C(C(=O)OC(c3ccccc3)c3ccccc3)=C(CC=O)COC21. The molecule has 2 atom stereocenters. The van der Waals surface area contributed by atoms with Gasteiger partial charge in [0.15, 0.2) is 18.9 Å². The van der Waals surface area contributed by atoms with E-state index in [2.05, 4.69) is 5.32 Å². The van der Waals surface area contributed by atoms with E-state index in [1.54, 1.807) is 24.3 Å². The van der Waals surface area contributed by atoms with Crippen molar-refractivity contribution in [2.45, 2.75) is 24.5 Å². The van der Waals surface area contributed by atoms with E-state index in [0.29, 0.717) is 12.0 Å². The van der Waals surface area contributed by atoms with Crippen LogP contribution in [0.3, 0.4) is 0 Å². The lowest BCUT2D eigenvalue weighted by atomic mass is 9.93. The lowest BCUT2D eigenvalue weighted by Gasteiger charge is -2.55. The Morgan fingerprint density at radius 2 is 1.59 bits per heavy atom. The van der Waals surface area contributed by atoms with Crippen LogP contribution in [-0.2, 0) is 33.4 Å². The fourth-order valence-electron chi connectivity index (χ4n) is 4.84. The molecule has 0 aliphatic carbocycles. The number of para-hydroxylation sites is 1. The molecule has 2 aliphatic rings. The maximum absolute atomic E-state index is 13.8. The molecule has 0 spiro atoms. The second-order valence-electron chi connectivity index (χ2n) is 9.36. The van der Waals surface area contributed by atoms with E-state index in [0.717, 1.165) is 16.0 Å². The molecule has 3 aromatic carbocycles. The Morgan fingerprint density at radius 3 is 2.15 bits per heavy atom. The van der Waals surface area contributed by atoms with Gasteiger partial charge < -0.3 is 29.1 Å². The normalized spacial score (nSPS) is 19.7. The number of carbonyl (C=O) groups excluding carboxylic acids is 4. The predicted octanol–water partition coefficient (Wildman–Crippen LogP) is 2.90. The molecule has 10 nitrogen and oxygen atoms in total. The van der Waals surface area contributed by atoms with Gasteiger partial charge in [0, 0.05) is 13.5 Å². The highest BCUT2D eigenvalue weighted by atomic mass is 16.6. The van der Waals surface area contributed by atoms with Gasteiger partial charge in [-0.15, -0.1) is 0 Å². The Bertz CT molecular complexity index is 1410. The summed E-state index contributed by atoms with van der Waals surface area (Å²) in [5.74, 6) is -1.72. The number of β-lactam (4-membered cyclic amide) rings is 1. The van der Waals surface area contributed by atoms with Crippen LogP contribution >= 0.6 is 0 Å². The standard InChI is InChI=1S/C31H28N2O8/c1-38-31(32-25(35)20-39-24-15-9-4-10-16-24)29(37)33-26(23(17-18-34)19-40-30(31)33)28(36)41-27(21-11-5-2-6-12-21)22-13-7-3-8-14-22/h2-16,18,27,30H,17,19-20H2,1H3,(H,32,35)/t30?,31-/m1/s1. The van der Waals surface area contributed by atoms with Gasteiger partial charge in [0.05, 0.1) is 6.61 Å². The average Bonchev–Trinajstić information content (AvgIpc) is 3.02. The van der Waals surface area contributed by atoms with Crippen molar-refractivity contribution in [2.75, 3.05) is 20.3 Å². The topological polar surface area (TPSA) is 120 Å². The monoisotopic (exact) mass is 556 g/mol. The number of rotatable bonds is 11. The molecule has 2 amide bonds. The number of nitrogens with zero attached hydrogens (tertiary/aromatic N) is 1. The minimum Gasteiger partial charge on any atom is -0.484 e. The maximum atomic E-state index is 13.8. The third-order valence-electron chi connectivity index (χ3n) is 6.82. The number of nitrogens with one attached hydrogen (secondary N) is 1. The lowest BCUT2D eigenvalue weighted by molar-refractivity contribution is -0.258. The highest BCUT2D eigenvalue weighted by molar-refractivity contribution is 6.04. The van der Waals surface area contributed by atoms with Crippen LogP contribution in [0, 0.1) is 0 Å². The van der Waals surface area contributed by atoms with Gasteiger partial charge in [-0.1, -0.05) is 78.9 Å². The molecular formula is C31H28N2O8. The molecule has 0 radical (unpaired) electrons. The molecule has 1 N–H and O–H groups in total. The number of aldehydes is 1. The summed E-state index contributed by atoms with van der Waals surface area (Å²) in [4.78, 5) is 52.6. The lowest BCUT2D eigenvalue weighted by Crippen LogP contribution is -2.82. The zero-order valence-corrected chi connectivity index (χ0v) is 22.2. The molecule has 2 aliphatic heterocycles. The Labute approximate surface area is 236 Å². The summed E-state index contributed by atoms with van der Waals surface area (Å²) >= 11 is 0. The van der Waals surface area contributed by atoms with Gasteiger partial charge in [-0.2, -0.15) is 0 Å². The Morgan fingerprint density at radius 1 is 1.00 bits per heavy atom. The minimum absolute atomic E-state index is 0.113. The first-order valence-corrected chi connectivity index (χ1v) is 12.9. The van der Waals surface area contributed by atoms with Crippen LogP contribution in [0.5, 0.6) is 5.75 Å². The molecule has 3 aromatic rings. The highest BCUT2D eigenvalue weighted by Crippen LogP contribution is 2.42. The van der Waals surface area contributed by atoms with Gasteiger partial charge in [0.2, 0.25) is 0 Å². The number of methoxy groups -OCH3 is 1. The summed E-state index contributed by atoms with van der Waals surface area (Å²) in [6.07, 6.45) is -1.49. The van der Waals surface area contributed by atoms with Crippen LogP contribution in [0.15, 0.2) is 102 Å². The van der Waals surface area contributed by atoms with Gasteiger partial charge >= 0.3 is 5.97 Å². The van der Waals surface area contributed by atoms with E-state index in [-0.39, 0.29) is 30.9 Å². The number of hydrogen-bond donors (Lipinski definition) is 1. The largest absolute Gasteiger partial charge is 0.484 e. The minimum atomic E-state index is -1.90. The zero-order valence-electron chi connectivity index (χ0n) is 22.2. The molecule has 1 unspecified atom stereocenters. The van der Waals surface area contributed by atoms with Gasteiger partial charge in [-0.3, -0.25) is 14.5 Å². The number of fused-ring (bicyclic) bond motifs is 1. The fourth-order valence-corrected chi connectivity index (χ4v) is 4.84. The van der Waals surface area contributed by atoms with Crippen molar-refractivity contribution in [1.29, 1.82) is 0 Å². The Balaban J connectivity index is 1.39. The molecule has 10 heteroatoms. The summed E-state index contributed by atoms with van der Waals surface area (Å²) < 4.78 is 22.8. The molecule has 41 heavy (non-hydrogen) atoms. The van der Waals surface area contributed by atoms with Crippen LogP contribution in [0.1, 0.15) is 23.7 Å².